The van der Waals surface area contributed by atoms with Gasteiger partial charge in [0.15, 0.2) is 0 Å². The summed E-state index contributed by atoms with van der Waals surface area (Å²) in [6, 6.07) is 0.176. The average molecular weight is 539 g/mol. The van der Waals surface area contributed by atoms with Crippen LogP contribution in [0, 0.1) is 5.92 Å². The van der Waals surface area contributed by atoms with Crippen LogP contribution in [0.5, 0.6) is 5.75 Å². The topological polar surface area (TPSA) is 245 Å². The van der Waals surface area contributed by atoms with Crippen LogP contribution < -0.4 is 21.7 Å². The molecule has 4 unspecified atom stereocenters. The highest BCUT2D eigenvalue weighted by atomic mass is 16.4. The summed E-state index contributed by atoms with van der Waals surface area (Å²) < 4.78 is 0. The van der Waals surface area contributed by atoms with Gasteiger partial charge in [-0.25, -0.2) is 4.79 Å². The molecule has 0 spiro atoms. The number of nitrogens with one attached hydrogen (secondary N) is 3. The SMILES string of the molecule is CC(C)CC(NC(=O)C(CC(=O)O)NC(=O)C(CCC(=O)O)NC(=O)C(N)Cc1ccc(O)cc1)C(=O)O. The molecule has 1 rings (SSSR count). The maximum atomic E-state index is 12.9. The second-order valence-corrected chi connectivity index (χ2v) is 9.16. The number of aromatic hydroxyl groups is 1. The van der Waals surface area contributed by atoms with Gasteiger partial charge in [0.25, 0.3) is 0 Å². The van der Waals surface area contributed by atoms with E-state index in [1.165, 1.54) is 24.3 Å². The van der Waals surface area contributed by atoms with Crippen molar-refractivity contribution in [2.75, 3.05) is 0 Å². The number of hydrogen-bond donors (Lipinski definition) is 8. The molecule has 38 heavy (non-hydrogen) atoms. The van der Waals surface area contributed by atoms with E-state index in [1.54, 1.807) is 13.8 Å². The molecule has 14 nitrogen and oxygen atoms in total. The molecule has 210 valence electrons. The predicted octanol–water partition coefficient (Wildman–Crippen LogP) is -0.813. The van der Waals surface area contributed by atoms with Crippen LogP contribution in [0.3, 0.4) is 0 Å². The Kier molecular flexibility index (Phi) is 12.7. The van der Waals surface area contributed by atoms with Gasteiger partial charge >= 0.3 is 17.9 Å². The van der Waals surface area contributed by atoms with Crippen molar-refractivity contribution in [3.63, 3.8) is 0 Å². The first-order valence-corrected chi connectivity index (χ1v) is 11.8. The summed E-state index contributed by atoms with van der Waals surface area (Å²) in [4.78, 5) is 72.1. The van der Waals surface area contributed by atoms with Gasteiger partial charge in [0.1, 0.15) is 23.9 Å². The predicted molar refractivity (Wildman–Crippen MR) is 132 cm³/mol. The fourth-order valence-corrected chi connectivity index (χ4v) is 3.42. The summed E-state index contributed by atoms with van der Waals surface area (Å²) in [5.74, 6) is -7.13. The van der Waals surface area contributed by atoms with Gasteiger partial charge in [-0.15, -0.1) is 0 Å². The molecule has 0 radical (unpaired) electrons. The molecule has 9 N–H and O–H groups in total. The lowest BCUT2D eigenvalue weighted by molar-refractivity contribution is -0.144. The van der Waals surface area contributed by atoms with E-state index in [9.17, 15) is 44.1 Å². The normalized spacial score (nSPS) is 14.0. The second-order valence-electron chi connectivity index (χ2n) is 9.16. The van der Waals surface area contributed by atoms with Crippen molar-refractivity contribution in [1.82, 2.24) is 16.0 Å². The fourth-order valence-electron chi connectivity index (χ4n) is 3.42. The van der Waals surface area contributed by atoms with E-state index in [2.05, 4.69) is 16.0 Å². The molecule has 0 aromatic heterocycles. The minimum absolute atomic E-state index is 0.0102. The van der Waals surface area contributed by atoms with Crippen molar-refractivity contribution >= 4 is 35.6 Å². The van der Waals surface area contributed by atoms with Gasteiger partial charge in [-0.05, 0) is 42.9 Å². The van der Waals surface area contributed by atoms with Crippen molar-refractivity contribution in [1.29, 1.82) is 0 Å². The Morgan fingerprint density at radius 3 is 1.82 bits per heavy atom. The molecule has 0 saturated heterocycles. The van der Waals surface area contributed by atoms with Crippen LogP contribution in [0.15, 0.2) is 24.3 Å². The molecule has 4 atom stereocenters. The lowest BCUT2D eigenvalue weighted by Crippen LogP contribution is -2.57. The molecule has 0 saturated carbocycles. The Labute approximate surface area is 218 Å². The number of amides is 3. The minimum atomic E-state index is -1.70. The zero-order chi connectivity index (χ0) is 29.0. The van der Waals surface area contributed by atoms with Gasteiger partial charge in [-0.3, -0.25) is 24.0 Å². The number of nitrogens with two attached hydrogens (primary N) is 1. The van der Waals surface area contributed by atoms with Gasteiger partial charge in [-0.1, -0.05) is 26.0 Å². The summed E-state index contributed by atoms with van der Waals surface area (Å²) in [5.41, 5.74) is 6.51. The average Bonchev–Trinajstić information content (AvgIpc) is 2.81. The minimum Gasteiger partial charge on any atom is -0.508 e. The highest BCUT2D eigenvalue weighted by Gasteiger charge is 2.32. The molecule has 0 fully saturated rings. The summed E-state index contributed by atoms with van der Waals surface area (Å²) in [7, 11) is 0. The number of carboxylic acids is 3. The molecule has 3 amide bonds. The second kappa shape index (κ2) is 15.1. The van der Waals surface area contributed by atoms with E-state index in [1.807, 2.05) is 0 Å². The van der Waals surface area contributed by atoms with Crippen LogP contribution in [0.1, 0.15) is 45.1 Å². The zero-order valence-electron chi connectivity index (χ0n) is 21.0. The lowest BCUT2D eigenvalue weighted by atomic mass is 10.0. The Morgan fingerprint density at radius 2 is 1.32 bits per heavy atom. The molecule has 1 aromatic carbocycles. The van der Waals surface area contributed by atoms with E-state index in [-0.39, 0.29) is 24.5 Å². The molecule has 0 aliphatic rings. The van der Waals surface area contributed by atoms with Crippen LogP contribution in [0.25, 0.3) is 0 Å². The van der Waals surface area contributed by atoms with E-state index in [0.717, 1.165) is 0 Å². The Hall–Kier alpha value is -4.20. The smallest absolute Gasteiger partial charge is 0.326 e. The van der Waals surface area contributed by atoms with E-state index in [0.29, 0.717) is 5.56 Å². The number of phenols is 1. The number of benzene rings is 1. The number of aliphatic carboxylic acids is 3. The summed E-state index contributed by atoms with van der Waals surface area (Å²) in [5, 5.41) is 43.6. The first kappa shape index (κ1) is 31.8. The van der Waals surface area contributed by atoms with Crippen molar-refractivity contribution in [3.05, 3.63) is 29.8 Å². The molecule has 0 aliphatic carbocycles. The van der Waals surface area contributed by atoms with Gasteiger partial charge in [0.2, 0.25) is 17.7 Å². The zero-order valence-corrected chi connectivity index (χ0v) is 21.0. The molecule has 0 aliphatic heterocycles. The monoisotopic (exact) mass is 538 g/mol. The first-order valence-electron chi connectivity index (χ1n) is 11.8. The van der Waals surface area contributed by atoms with E-state index < -0.39 is 79.1 Å². The first-order chi connectivity index (χ1) is 17.7. The molecular formula is C24H34N4O10. The number of carbonyl (C=O) groups is 6. The van der Waals surface area contributed by atoms with Crippen LogP contribution >= 0.6 is 0 Å². The van der Waals surface area contributed by atoms with Crippen molar-refractivity contribution in [3.8, 4) is 5.75 Å². The van der Waals surface area contributed by atoms with Crippen LogP contribution in [0.2, 0.25) is 0 Å². The lowest BCUT2D eigenvalue weighted by Gasteiger charge is -2.24. The maximum Gasteiger partial charge on any atom is 0.326 e. The van der Waals surface area contributed by atoms with Gasteiger partial charge in [0, 0.05) is 6.42 Å². The number of carbonyl (C=O) groups excluding carboxylic acids is 3. The Morgan fingerprint density at radius 1 is 0.789 bits per heavy atom. The third kappa shape index (κ3) is 11.7. The maximum absolute atomic E-state index is 12.9. The van der Waals surface area contributed by atoms with Crippen LogP contribution in [-0.4, -0.2) is 80.2 Å². The van der Waals surface area contributed by atoms with Gasteiger partial charge < -0.3 is 42.1 Å². The third-order valence-corrected chi connectivity index (χ3v) is 5.34. The third-order valence-electron chi connectivity index (χ3n) is 5.34. The van der Waals surface area contributed by atoms with Crippen molar-refractivity contribution in [2.45, 2.75) is 70.1 Å². The van der Waals surface area contributed by atoms with E-state index >= 15 is 0 Å². The molecule has 14 heteroatoms. The Bertz CT molecular complexity index is 1010. The molecule has 0 heterocycles. The highest BCUT2D eigenvalue weighted by Crippen LogP contribution is 2.11. The summed E-state index contributed by atoms with van der Waals surface area (Å²) in [6.45, 7) is 3.45. The standard InChI is InChI=1S/C24H34N4O10/c1-12(2)9-18(24(37)38)28-23(36)17(11-20(32)33)27-22(35)16(7-8-19(30)31)26-21(34)15(25)10-13-3-5-14(29)6-4-13/h3-6,12,15-18,29H,7-11,25H2,1-2H3,(H,26,34)(H,27,35)(H,28,36)(H,30,31)(H,32,33)(H,37,38). The Balaban J connectivity index is 3.01. The van der Waals surface area contributed by atoms with Gasteiger partial charge in [-0.2, -0.15) is 0 Å². The molecular weight excluding hydrogens is 504 g/mol. The van der Waals surface area contributed by atoms with Crippen LogP contribution in [-0.2, 0) is 35.2 Å². The highest BCUT2D eigenvalue weighted by molar-refractivity contribution is 5.95. The number of rotatable bonds is 16. The van der Waals surface area contributed by atoms with E-state index in [4.69, 9.17) is 10.8 Å². The number of phenolic OH excluding ortho intramolecular Hbond substituents is 1. The van der Waals surface area contributed by atoms with Crippen molar-refractivity contribution < 1.29 is 49.2 Å². The molecule has 0 bridgehead atoms. The molecule has 1 aromatic rings. The number of hydrogen-bond acceptors (Lipinski definition) is 8. The quantitative estimate of drug-likeness (QED) is 0.129. The summed E-state index contributed by atoms with van der Waals surface area (Å²) in [6.07, 6.45) is -1.77. The summed E-state index contributed by atoms with van der Waals surface area (Å²) >= 11 is 0. The number of carboxylic acid groups (broad SMARTS) is 3. The largest absolute Gasteiger partial charge is 0.508 e. The fraction of sp³-hybridized carbons (Fsp3) is 0.500. The van der Waals surface area contributed by atoms with Gasteiger partial charge in [0.05, 0.1) is 12.5 Å². The van der Waals surface area contributed by atoms with Crippen molar-refractivity contribution in [2.24, 2.45) is 11.7 Å². The van der Waals surface area contributed by atoms with Crippen LogP contribution in [0.4, 0.5) is 0 Å².